The van der Waals surface area contributed by atoms with Crippen molar-refractivity contribution in [2.45, 2.75) is 32.7 Å². The first-order valence-electron chi connectivity index (χ1n) is 3.90. The molecule has 0 aromatic heterocycles. The van der Waals surface area contributed by atoms with Crippen LogP contribution in [0.15, 0.2) is 0 Å². The van der Waals surface area contributed by atoms with E-state index in [1.54, 1.807) is 0 Å². The van der Waals surface area contributed by atoms with Crippen LogP contribution in [0.2, 0.25) is 0 Å². The first-order valence-corrected chi connectivity index (χ1v) is 3.90. The standard InChI is InChI=1S/C8H17N/c1-7-4-5-9(3)8(2)6-7/h7-8H,4-6H2,1-3H3. The maximum atomic E-state index is 2.44. The van der Waals surface area contributed by atoms with Gasteiger partial charge in [0.2, 0.25) is 0 Å². The highest BCUT2D eigenvalue weighted by Crippen LogP contribution is 2.19. The van der Waals surface area contributed by atoms with Gasteiger partial charge in [-0.1, -0.05) is 6.92 Å². The number of rotatable bonds is 0. The van der Waals surface area contributed by atoms with Crippen molar-refractivity contribution in [3.8, 4) is 0 Å². The zero-order valence-electron chi connectivity index (χ0n) is 6.72. The van der Waals surface area contributed by atoms with Crippen LogP contribution in [0.4, 0.5) is 0 Å². The summed E-state index contributed by atoms with van der Waals surface area (Å²) in [6.07, 6.45) is 2.78. The van der Waals surface area contributed by atoms with Crippen LogP contribution in [0.25, 0.3) is 0 Å². The minimum absolute atomic E-state index is 0.814. The molecule has 0 aromatic carbocycles. The van der Waals surface area contributed by atoms with Crippen molar-refractivity contribution in [2.75, 3.05) is 13.6 Å². The average Bonchev–Trinajstić information content (AvgIpc) is 1.80. The lowest BCUT2D eigenvalue weighted by molar-refractivity contribution is 0.162. The molecule has 1 heterocycles. The molecule has 9 heavy (non-hydrogen) atoms. The molecule has 1 nitrogen and oxygen atoms in total. The number of piperidine rings is 1. The number of hydrogen-bond acceptors (Lipinski definition) is 1. The molecule has 0 amide bonds. The molecule has 1 heteroatoms. The molecule has 1 aliphatic rings. The molecule has 1 saturated heterocycles. The summed E-state index contributed by atoms with van der Waals surface area (Å²) in [7, 11) is 2.22. The van der Waals surface area contributed by atoms with E-state index >= 15 is 0 Å². The molecule has 1 aliphatic heterocycles. The molecule has 2 atom stereocenters. The summed E-state index contributed by atoms with van der Waals surface area (Å²) in [5.41, 5.74) is 0. The van der Waals surface area contributed by atoms with Crippen LogP contribution >= 0.6 is 0 Å². The maximum Gasteiger partial charge on any atom is 0.00664 e. The zero-order valence-corrected chi connectivity index (χ0v) is 6.72. The van der Waals surface area contributed by atoms with E-state index in [2.05, 4.69) is 25.8 Å². The average molecular weight is 127 g/mol. The first-order chi connectivity index (χ1) is 4.20. The van der Waals surface area contributed by atoms with Crippen molar-refractivity contribution in [1.82, 2.24) is 4.90 Å². The number of likely N-dealkylation sites (tertiary alicyclic amines) is 1. The van der Waals surface area contributed by atoms with Crippen LogP contribution in [0, 0.1) is 5.92 Å². The van der Waals surface area contributed by atoms with Gasteiger partial charge in [0.25, 0.3) is 0 Å². The third kappa shape index (κ3) is 1.68. The molecule has 0 bridgehead atoms. The molecule has 0 radical (unpaired) electrons. The first kappa shape index (κ1) is 7.07. The Bertz CT molecular complexity index is 90.6. The molecule has 0 N–H and O–H groups in total. The monoisotopic (exact) mass is 127 g/mol. The Morgan fingerprint density at radius 3 is 2.44 bits per heavy atom. The predicted molar refractivity (Wildman–Crippen MR) is 40.5 cm³/mol. The van der Waals surface area contributed by atoms with E-state index in [0.29, 0.717) is 0 Å². The van der Waals surface area contributed by atoms with Gasteiger partial charge in [0, 0.05) is 6.04 Å². The molecule has 2 unspecified atom stereocenters. The van der Waals surface area contributed by atoms with Crippen molar-refractivity contribution >= 4 is 0 Å². The van der Waals surface area contributed by atoms with Gasteiger partial charge in [0.05, 0.1) is 0 Å². The quantitative estimate of drug-likeness (QED) is 0.479. The third-order valence-electron chi connectivity index (χ3n) is 2.47. The second-order valence-electron chi connectivity index (χ2n) is 3.46. The number of nitrogens with zero attached hydrogens (tertiary/aromatic N) is 1. The normalized spacial score (nSPS) is 39.0. The SMILES string of the molecule is CC1CCN(C)C(C)C1. The molecular formula is C8H17N. The summed E-state index contributed by atoms with van der Waals surface area (Å²) in [5.74, 6) is 0.955. The minimum Gasteiger partial charge on any atom is -0.304 e. The molecule has 0 aliphatic carbocycles. The fourth-order valence-corrected chi connectivity index (χ4v) is 1.52. The van der Waals surface area contributed by atoms with Gasteiger partial charge in [-0.25, -0.2) is 0 Å². The molecule has 1 rings (SSSR count). The predicted octanol–water partition coefficient (Wildman–Crippen LogP) is 1.74. The van der Waals surface area contributed by atoms with Gasteiger partial charge in [0.15, 0.2) is 0 Å². The smallest absolute Gasteiger partial charge is 0.00664 e. The Labute approximate surface area is 58.0 Å². The summed E-state index contributed by atoms with van der Waals surface area (Å²) in [4.78, 5) is 2.44. The van der Waals surface area contributed by atoms with Gasteiger partial charge >= 0.3 is 0 Å². The summed E-state index contributed by atoms with van der Waals surface area (Å²) < 4.78 is 0. The lowest BCUT2D eigenvalue weighted by Crippen LogP contribution is -2.36. The second-order valence-corrected chi connectivity index (χ2v) is 3.46. The van der Waals surface area contributed by atoms with E-state index in [0.717, 1.165) is 12.0 Å². The molecule has 0 spiro atoms. The van der Waals surface area contributed by atoms with Crippen LogP contribution in [0.1, 0.15) is 26.7 Å². The van der Waals surface area contributed by atoms with Gasteiger partial charge in [-0.15, -0.1) is 0 Å². The van der Waals surface area contributed by atoms with E-state index in [4.69, 9.17) is 0 Å². The molecule has 54 valence electrons. The maximum absolute atomic E-state index is 2.44. The Balaban J connectivity index is 2.35. The minimum atomic E-state index is 0.814. The fraction of sp³-hybridized carbons (Fsp3) is 1.00. The van der Waals surface area contributed by atoms with Gasteiger partial charge in [-0.2, -0.15) is 0 Å². The van der Waals surface area contributed by atoms with E-state index in [1.807, 2.05) is 0 Å². The highest BCUT2D eigenvalue weighted by atomic mass is 15.1. The van der Waals surface area contributed by atoms with Crippen molar-refractivity contribution in [3.05, 3.63) is 0 Å². The van der Waals surface area contributed by atoms with Crippen LogP contribution < -0.4 is 0 Å². The second kappa shape index (κ2) is 2.70. The fourth-order valence-electron chi connectivity index (χ4n) is 1.52. The lowest BCUT2D eigenvalue weighted by atomic mass is 9.94. The van der Waals surface area contributed by atoms with Gasteiger partial charge < -0.3 is 4.90 Å². The van der Waals surface area contributed by atoms with Gasteiger partial charge in [-0.05, 0) is 39.3 Å². The van der Waals surface area contributed by atoms with Crippen molar-refractivity contribution < 1.29 is 0 Å². The van der Waals surface area contributed by atoms with Crippen LogP contribution in [-0.4, -0.2) is 24.5 Å². The Hall–Kier alpha value is -0.0400. The zero-order chi connectivity index (χ0) is 6.85. The van der Waals surface area contributed by atoms with E-state index < -0.39 is 0 Å². The largest absolute Gasteiger partial charge is 0.304 e. The van der Waals surface area contributed by atoms with Crippen LogP contribution in [0.5, 0.6) is 0 Å². The van der Waals surface area contributed by atoms with E-state index in [1.165, 1.54) is 19.4 Å². The van der Waals surface area contributed by atoms with Gasteiger partial charge in [0.1, 0.15) is 0 Å². The van der Waals surface area contributed by atoms with Crippen molar-refractivity contribution in [2.24, 2.45) is 5.92 Å². The molecule has 0 saturated carbocycles. The summed E-state index contributed by atoms with van der Waals surface area (Å²) in [6.45, 7) is 5.96. The topological polar surface area (TPSA) is 3.24 Å². The third-order valence-corrected chi connectivity index (χ3v) is 2.47. The van der Waals surface area contributed by atoms with E-state index in [-0.39, 0.29) is 0 Å². The van der Waals surface area contributed by atoms with Gasteiger partial charge in [-0.3, -0.25) is 0 Å². The highest BCUT2D eigenvalue weighted by Gasteiger charge is 2.18. The van der Waals surface area contributed by atoms with Crippen molar-refractivity contribution in [3.63, 3.8) is 0 Å². The Kier molecular flexibility index (Phi) is 2.12. The highest BCUT2D eigenvalue weighted by molar-refractivity contribution is 4.73. The summed E-state index contributed by atoms with van der Waals surface area (Å²) in [6, 6.07) is 0.814. The van der Waals surface area contributed by atoms with E-state index in [9.17, 15) is 0 Å². The summed E-state index contributed by atoms with van der Waals surface area (Å²) in [5, 5.41) is 0. The lowest BCUT2D eigenvalue weighted by Gasteiger charge is -2.33. The number of hydrogen-bond donors (Lipinski definition) is 0. The molecule has 0 aromatic rings. The van der Waals surface area contributed by atoms with Crippen LogP contribution in [-0.2, 0) is 0 Å². The Morgan fingerprint density at radius 2 is 2.00 bits per heavy atom. The molecule has 1 fully saturated rings. The summed E-state index contributed by atoms with van der Waals surface area (Å²) >= 11 is 0. The Morgan fingerprint density at radius 1 is 1.33 bits per heavy atom. The van der Waals surface area contributed by atoms with Crippen molar-refractivity contribution in [1.29, 1.82) is 0 Å². The van der Waals surface area contributed by atoms with Crippen LogP contribution in [0.3, 0.4) is 0 Å². The molecular weight excluding hydrogens is 110 g/mol.